The molecule has 1 aliphatic rings. The molecule has 1 aromatic carbocycles. The number of nitrogens with zero attached hydrogens (tertiary/aromatic N) is 1. The monoisotopic (exact) mass is 393 g/mol. The maximum absolute atomic E-state index is 9.70. The molecule has 2 rings (SSSR count). The van der Waals surface area contributed by atoms with Crippen molar-refractivity contribution in [2.75, 3.05) is 27.3 Å². The zero-order valence-electron chi connectivity index (χ0n) is 10.9. The summed E-state index contributed by atoms with van der Waals surface area (Å²) in [6, 6.07) is 3.87. The van der Waals surface area contributed by atoms with E-state index < -0.39 is 0 Å². The van der Waals surface area contributed by atoms with Crippen LogP contribution in [0.1, 0.15) is 5.56 Å². The first-order chi connectivity index (χ1) is 9.05. The Labute approximate surface area is 129 Å². The van der Waals surface area contributed by atoms with Gasteiger partial charge in [0.1, 0.15) is 5.75 Å². The number of rotatable bonds is 4. The van der Waals surface area contributed by atoms with Gasteiger partial charge in [0, 0.05) is 33.9 Å². The Bertz CT molecular complexity index is 421. The van der Waals surface area contributed by atoms with Crippen LogP contribution < -0.4 is 0 Å². The van der Waals surface area contributed by atoms with Gasteiger partial charge < -0.3 is 14.6 Å². The largest absolute Gasteiger partial charge is 0.506 e. The van der Waals surface area contributed by atoms with Crippen molar-refractivity contribution < 1.29 is 14.6 Å². The van der Waals surface area contributed by atoms with Crippen LogP contribution in [0.4, 0.5) is 0 Å². The van der Waals surface area contributed by atoms with Gasteiger partial charge in [-0.15, -0.1) is 0 Å². The first-order valence-electron chi connectivity index (χ1n) is 6.00. The summed E-state index contributed by atoms with van der Waals surface area (Å²) in [5.74, 6) is 0.231. The van der Waals surface area contributed by atoms with Crippen LogP contribution in [-0.4, -0.2) is 49.5 Å². The third-order valence-corrected chi connectivity index (χ3v) is 4.59. The first-order valence-corrected chi connectivity index (χ1v) is 7.58. The quantitative estimate of drug-likeness (QED) is 0.852. The fourth-order valence-corrected chi connectivity index (χ4v) is 3.65. The van der Waals surface area contributed by atoms with E-state index in [1.54, 1.807) is 14.2 Å². The van der Waals surface area contributed by atoms with E-state index >= 15 is 0 Å². The van der Waals surface area contributed by atoms with Crippen molar-refractivity contribution in [3.63, 3.8) is 0 Å². The molecule has 0 radical (unpaired) electrons. The van der Waals surface area contributed by atoms with Crippen molar-refractivity contribution in [1.82, 2.24) is 4.90 Å². The summed E-state index contributed by atoms with van der Waals surface area (Å²) in [6.07, 6.45) is 0.239. The predicted molar refractivity (Wildman–Crippen MR) is 80.4 cm³/mol. The number of ether oxygens (including phenoxy) is 2. The molecule has 106 valence electrons. The molecule has 0 aromatic heterocycles. The van der Waals surface area contributed by atoms with Gasteiger partial charge in [-0.2, -0.15) is 0 Å². The molecule has 0 bridgehead atoms. The van der Waals surface area contributed by atoms with Gasteiger partial charge in [-0.1, -0.05) is 0 Å². The van der Waals surface area contributed by atoms with Crippen LogP contribution in [0.15, 0.2) is 21.1 Å². The highest BCUT2D eigenvalue weighted by Crippen LogP contribution is 2.34. The van der Waals surface area contributed by atoms with Crippen molar-refractivity contribution >= 4 is 31.9 Å². The maximum atomic E-state index is 9.70. The van der Waals surface area contributed by atoms with E-state index in [2.05, 4.69) is 36.8 Å². The zero-order valence-corrected chi connectivity index (χ0v) is 14.1. The summed E-state index contributed by atoms with van der Waals surface area (Å²) in [4.78, 5) is 2.29. The van der Waals surface area contributed by atoms with Crippen LogP contribution in [0.5, 0.6) is 5.75 Å². The van der Waals surface area contributed by atoms with Gasteiger partial charge in [0.2, 0.25) is 0 Å². The summed E-state index contributed by atoms with van der Waals surface area (Å²) >= 11 is 6.70. The van der Waals surface area contributed by atoms with Crippen LogP contribution in [0.3, 0.4) is 0 Å². The minimum atomic E-state index is 0.119. The van der Waals surface area contributed by atoms with Crippen molar-refractivity contribution in [1.29, 1.82) is 0 Å². The Morgan fingerprint density at radius 1 is 1.16 bits per heavy atom. The molecular formula is C13H17Br2NO3. The van der Waals surface area contributed by atoms with E-state index in [1.807, 2.05) is 12.1 Å². The lowest BCUT2D eigenvalue weighted by Gasteiger charge is -2.16. The third kappa shape index (κ3) is 3.49. The van der Waals surface area contributed by atoms with Gasteiger partial charge in [0.25, 0.3) is 0 Å². The Kier molecular flexibility index (Phi) is 5.25. The molecule has 6 heteroatoms. The number of benzene rings is 1. The van der Waals surface area contributed by atoms with Crippen molar-refractivity contribution in [2.45, 2.75) is 18.8 Å². The lowest BCUT2D eigenvalue weighted by molar-refractivity contribution is -0.00461. The smallest absolute Gasteiger partial charge is 0.143 e. The van der Waals surface area contributed by atoms with Crippen LogP contribution in [-0.2, 0) is 16.0 Å². The zero-order chi connectivity index (χ0) is 14.0. The standard InChI is InChI=1S/C13H17Br2NO3/c1-18-11-6-16(7-12(11)19-2)5-8-3-9(14)13(17)10(15)4-8/h3-4,11-12,17H,5-7H2,1-2H3. The second-order valence-corrected chi connectivity index (χ2v) is 6.36. The average molecular weight is 395 g/mol. The molecule has 1 saturated heterocycles. The molecule has 1 aliphatic heterocycles. The van der Waals surface area contributed by atoms with Crippen LogP contribution in [0.25, 0.3) is 0 Å². The van der Waals surface area contributed by atoms with Gasteiger partial charge in [0.15, 0.2) is 0 Å². The lowest BCUT2D eigenvalue weighted by Crippen LogP contribution is -2.27. The van der Waals surface area contributed by atoms with Crippen LogP contribution in [0, 0.1) is 0 Å². The van der Waals surface area contributed by atoms with E-state index in [4.69, 9.17) is 9.47 Å². The Hall–Kier alpha value is -0.140. The third-order valence-electron chi connectivity index (χ3n) is 3.38. The Morgan fingerprint density at radius 2 is 1.63 bits per heavy atom. The lowest BCUT2D eigenvalue weighted by atomic mass is 10.2. The number of phenolic OH excluding ortho intramolecular Hbond substituents is 1. The summed E-state index contributed by atoms with van der Waals surface area (Å²) in [5.41, 5.74) is 1.13. The number of likely N-dealkylation sites (tertiary alicyclic amines) is 1. The second kappa shape index (κ2) is 6.54. The summed E-state index contributed by atoms with van der Waals surface area (Å²) < 4.78 is 12.2. The summed E-state index contributed by atoms with van der Waals surface area (Å²) in [5, 5.41) is 9.70. The van der Waals surface area contributed by atoms with Gasteiger partial charge in [-0.3, -0.25) is 4.90 Å². The SMILES string of the molecule is COC1CN(Cc2cc(Br)c(O)c(Br)c2)CC1OC. The highest BCUT2D eigenvalue weighted by molar-refractivity contribution is 9.11. The molecule has 1 heterocycles. The van der Waals surface area contributed by atoms with Crippen LogP contribution >= 0.6 is 31.9 Å². The minimum Gasteiger partial charge on any atom is -0.506 e. The molecule has 2 atom stereocenters. The van der Waals surface area contributed by atoms with Crippen molar-refractivity contribution in [3.8, 4) is 5.75 Å². The van der Waals surface area contributed by atoms with Crippen molar-refractivity contribution in [2.24, 2.45) is 0 Å². The number of halogens is 2. The van der Waals surface area contributed by atoms with E-state index in [1.165, 1.54) is 0 Å². The molecule has 1 aromatic rings. The van der Waals surface area contributed by atoms with E-state index in [0.717, 1.165) is 25.2 Å². The molecule has 1 fully saturated rings. The van der Waals surface area contributed by atoms with Gasteiger partial charge in [-0.25, -0.2) is 0 Å². The first kappa shape index (κ1) is 15.3. The Balaban J connectivity index is 2.06. The average Bonchev–Trinajstić information content (AvgIpc) is 2.78. The molecule has 0 aliphatic carbocycles. The fraction of sp³-hybridized carbons (Fsp3) is 0.538. The molecule has 4 nitrogen and oxygen atoms in total. The van der Waals surface area contributed by atoms with E-state index in [9.17, 15) is 5.11 Å². The number of hydrogen-bond donors (Lipinski definition) is 1. The highest BCUT2D eigenvalue weighted by Gasteiger charge is 2.32. The Morgan fingerprint density at radius 3 is 2.05 bits per heavy atom. The molecule has 0 amide bonds. The maximum Gasteiger partial charge on any atom is 0.143 e. The van der Waals surface area contributed by atoms with Gasteiger partial charge >= 0.3 is 0 Å². The topological polar surface area (TPSA) is 41.9 Å². The molecule has 19 heavy (non-hydrogen) atoms. The number of hydrogen-bond acceptors (Lipinski definition) is 4. The summed E-state index contributed by atoms with van der Waals surface area (Å²) in [7, 11) is 3.43. The highest BCUT2D eigenvalue weighted by atomic mass is 79.9. The second-order valence-electron chi connectivity index (χ2n) is 4.65. The summed E-state index contributed by atoms with van der Waals surface area (Å²) in [6.45, 7) is 2.51. The molecule has 2 unspecified atom stereocenters. The van der Waals surface area contributed by atoms with Crippen LogP contribution in [0.2, 0.25) is 0 Å². The van der Waals surface area contributed by atoms with E-state index in [-0.39, 0.29) is 18.0 Å². The molecule has 0 saturated carbocycles. The normalized spacial score (nSPS) is 24.0. The molecule has 1 N–H and O–H groups in total. The fourth-order valence-electron chi connectivity index (χ4n) is 2.37. The molecular weight excluding hydrogens is 378 g/mol. The molecule has 0 spiro atoms. The van der Waals surface area contributed by atoms with Gasteiger partial charge in [0.05, 0.1) is 21.2 Å². The number of phenols is 1. The minimum absolute atomic E-state index is 0.119. The van der Waals surface area contributed by atoms with Gasteiger partial charge in [-0.05, 0) is 49.6 Å². The predicted octanol–water partition coefficient (Wildman–Crippen LogP) is 2.76. The van der Waals surface area contributed by atoms with Crippen molar-refractivity contribution in [3.05, 3.63) is 26.6 Å². The number of methoxy groups -OCH3 is 2. The number of aromatic hydroxyl groups is 1. The van der Waals surface area contributed by atoms with E-state index in [0.29, 0.717) is 8.95 Å².